The second-order valence-electron chi connectivity index (χ2n) is 2.31. The normalized spacial score (nSPS) is 13.0. The van der Waals surface area contributed by atoms with Gasteiger partial charge in [-0.1, -0.05) is 6.92 Å². The lowest BCUT2D eigenvalue weighted by Crippen LogP contribution is -2.41. The molecule has 0 bridgehead atoms. The molecule has 0 radical (unpaired) electrons. The largest absolute Gasteiger partial charge is 0.370 e. The summed E-state index contributed by atoms with van der Waals surface area (Å²) in [4.78, 5) is 4.00. The van der Waals surface area contributed by atoms with Crippen LogP contribution >= 0.6 is 12.4 Å². The van der Waals surface area contributed by atoms with E-state index in [0.29, 0.717) is 0 Å². The number of halogens is 1. The Kier molecular flexibility index (Phi) is 7.62. The molecule has 0 aromatic rings. The Labute approximate surface area is 78.5 Å². The monoisotopic (exact) mass is 193 g/mol. The summed E-state index contributed by atoms with van der Waals surface area (Å²) in [6.07, 6.45) is 0.917. The lowest BCUT2D eigenvalue weighted by Gasteiger charge is -2.05. The third kappa shape index (κ3) is 7.14. The van der Waals surface area contributed by atoms with Crippen molar-refractivity contribution in [2.45, 2.75) is 26.3 Å². The van der Waals surface area contributed by atoms with Gasteiger partial charge in [0, 0.05) is 0 Å². The van der Waals surface area contributed by atoms with Gasteiger partial charge in [0.05, 0.1) is 6.04 Å². The van der Waals surface area contributed by atoms with Gasteiger partial charge in [0.15, 0.2) is 11.9 Å². The first kappa shape index (κ1) is 13.6. The molecule has 0 fully saturated rings. The third-order valence-corrected chi connectivity index (χ3v) is 1.21. The van der Waals surface area contributed by atoms with Gasteiger partial charge in [-0.2, -0.15) is 0 Å². The minimum atomic E-state index is -0.186. The molecule has 0 saturated heterocycles. The van der Waals surface area contributed by atoms with Gasteiger partial charge in [-0.15, -0.1) is 12.4 Å². The number of nitrogens with one attached hydrogen (secondary N) is 2. The maximum absolute atomic E-state index is 6.83. The first-order valence-corrected chi connectivity index (χ1v) is 3.50. The van der Waals surface area contributed by atoms with Crippen molar-refractivity contribution in [1.29, 1.82) is 5.41 Å². The maximum atomic E-state index is 6.83. The van der Waals surface area contributed by atoms with Crippen LogP contribution in [0.25, 0.3) is 0 Å². The Hall–Kier alpha value is -0.970. The molecule has 0 aromatic carbocycles. The smallest absolute Gasteiger partial charge is 0.195 e. The zero-order valence-corrected chi connectivity index (χ0v) is 8.11. The molecule has 0 aliphatic carbocycles. The fourth-order valence-electron chi connectivity index (χ4n) is 0.499. The number of nitrogens with two attached hydrogens (primary N) is 2. The van der Waals surface area contributed by atoms with Crippen molar-refractivity contribution in [3.63, 3.8) is 0 Å². The molecule has 0 saturated carbocycles. The highest BCUT2D eigenvalue weighted by atomic mass is 35.5. The summed E-state index contributed by atoms with van der Waals surface area (Å²) in [6, 6.07) is 0.168. The van der Waals surface area contributed by atoms with Gasteiger partial charge in [-0.05, 0) is 13.3 Å². The van der Waals surface area contributed by atoms with Crippen molar-refractivity contribution < 1.29 is 0 Å². The Morgan fingerprint density at radius 1 is 1.58 bits per heavy atom. The van der Waals surface area contributed by atoms with E-state index in [1.165, 1.54) is 0 Å². The molecule has 5 nitrogen and oxygen atoms in total. The van der Waals surface area contributed by atoms with Crippen molar-refractivity contribution in [2.75, 3.05) is 0 Å². The summed E-state index contributed by atoms with van der Waals surface area (Å²) in [6.45, 7) is 3.95. The van der Waals surface area contributed by atoms with E-state index in [1.54, 1.807) is 0 Å². The van der Waals surface area contributed by atoms with Crippen molar-refractivity contribution >= 4 is 24.3 Å². The SMILES string of the molecule is CCC(C)N=C(N)NC(=N)N.Cl. The van der Waals surface area contributed by atoms with E-state index in [1.807, 2.05) is 13.8 Å². The van der Waals surface area contributed by atoms with Crippen molar-refractivity contribution in [2.24, 2.45) is 16.5 Å². The number of aliphatic imine (C=N–C) groups is 1. The molecule has 0 aliphatic heterocycles. The second kappa shape index (κ2) is 6.72. The van der Waals surface area contributed by atoms with Crippen LogP contribution in [0.15, 0.2) is 4.99 Å². The summed E-state index contributed by atoms with van der Waals surface area (Å²) in [5, 5.41) is 9.23. The van der Waals surface area contributed by atoms with Crippen LogP contribution in [0.3, 0.4) is 0 Å². The zero-order chi connectivity index (χ0) is 8.85. The summed E-state index contributed by atoms with van der Waals surface area (Å²) < 4.78 is 0. The van der Waals surface area contributed by atoms with Crippen LogP contribution in [0.4, 0.5) is 0 Å². The van der Waals surface area contributed by atoms with E-state index in [4.69, 9.17) is 16.9 Å². The van der Waals surface area contributed by atoms with Crippen LogP contribution in [-0.4, -0.2) is 18.0 Å². The molecule has 0 aromatic heterocycles. The second-order valence-corrected chi connectivity index (χ2v) is 2.31. The first-order chi connectivity index (χ1) is 5.06. The van der Waals surface area contributed by atoms with Gasteiger partial charge in [0.1, 0.15) is 0 Å². The Morgan fingerprint density at radius 3 is 2.42 bits per heavy atom. The predicted molar refractivity (Wildman–Crippen MR) is 53.7 cm³/mol. The average molecular weight is 194 g/mol. The van der Waals surface area contributed by atoms with Crippen molar-refractivity contribution in [3.8, 4) is 0 Å². The number of guanidine groups is 2. The summed E-state index contributed by atoms with van der Waals surface area (Å²) in [5.74, 6) is 0.0152. The van der Waals surface area contributed by atoms with E-state index in [0.717, 1.165) is 6.42 Å². The van der Waals surface area contributed by atoms with Crippen molar-refractivity contribution in [3.05, 3.63) is 0 Å². The van der Waals surface area contributed by atoms with Crippen LogP contribution in [0, 0.1) is 5.41 Å². The fourth-order valence-corrected chi connectivity index (χ4v) is 0.499. The molecule has 6 heteroatoms. The molecule has 6 N–H and O–H groups in total. The van der Waals surface area contributed by atoms with Gasteiger partial charge >= 0.3 is 0 Å². The van der Waals surface area contributed by atoms with Crippen molar-refractivity contribution in [1.82, 2.24) is 5.32 Å². The molecule has 0 rings (SSSR count). The highest BCUT2D eigenvalue weighted by Gasteiger charge is 1.96. The van der Waals surface area contributed by atoms with E-state index in [2.05, 4.69) is 10.3 Å². The molecule has 0 heterocycles. The Balaban J connectivity index is 0. The predicted octanol–water partition coefficient (Wildman–Crippen LogP) is 0.00447. The van der Waals surface area contributed by atoms with Crippen LogP contribution < -0.4 is 16.8 Å². The first-order valence-electron chi connectivity index (χ1n) is 3.50. The van der Waals surface area contributed by atoms with Gasteiger partial charge in [0.2, 0.25) is 0 Å². The fraction of sp³-hybridized carbons (Fsp3) is 0.667. The topological polar surface area (TPSA) is 100 Å². The van der Waals surface area contributed by atoms with E-state index >= 15 is 0 Å². The lowest BCUT2D eigenvalue weighted by atomic mass is 10.3. The number of rotatable bonds is 2. The summed E-state index contributed by atoms with van der Waals surface area (Å²) >= 11 is 0. The number of hydrogen-bond acceptors (Lipinski definition) is 2. The zero-order valence-electron chi connectivity index (χ0n) is 7.29. The minimum absolute atomic E-state index is 0. The van der Waals surface area contributed by atoms with E-state index in [-0.39, 0.29) is 30.4 Å². The molecule has 12 heavy (non-hydrogen) atoms. The minimum Gasteiger partial charge on any atom is -0.370 e. The standard InChI is InChI=1S/C6H15N5.ClH/c1-3-4(2)10-6(9)11-5(7)8;/h4H,3H2,1-2H3,(H6,7,8,9,10,11);1H. The molecule has 0 amide bonds. The number of nitrogens with zero attached hydrogens (tertiary/aromatic N) is 1. The van der Waals surface area contributed by atoms with Gasteiger partial charge < -0.3 is 11.5 Å². The molecule has 72 valence electrons. The van der Waals surface area contributed by atoms with E-state index < -0.39 is 0 Å². The maximum Gasteiger partial charge on any atom is 0.195 e. The third-order valence-electron chi connectivity index (χ3n) is 1.21. The highest BCUT2D eigenvalue weighted by Crippen LogP contribution is 1.92. The Morgan fingerprint density at radius 2 is 2.08 bits per heavy atom. The molecular formula is C6H16ClN5. The molecule has 0 aliphatic rings. The van der Waals surface area contributed by atoms with Gasteiger partial charge in [-0.25, -0.2) is 0 Å². The van der Waals surface area contributed by atoms with Crippen LogP contribution in [0.1, 0.15) is 20.3 Å². The molecule has 1 unspecified atom stereocenters. The average Bonchev–Trinajstić information content (AvgIpc) is 1.85. The Bertz CT molecular complexity index is 167. The summed E-state index contributed by atoms with van der Waals surface area (Å²) in [5.41, 5.74) is 10.4. The van der Waals surface area contributed by atoms with E-state index in [9.17, 15) is 0 Å². The quantitative estimate of drug-likeness (QED) is 0.367. The lowest BCUT2D eigenvalue weighted by molar-refractivity contribution is 0.712. The van der Waals surface area contributed by atoms with Crippen LogP contribution in [0.2, 0.25) is 0 Å². The number of hydrogen-bond donors (Lipinski definition) is 4. The van der Waals surface area contributed by atoms with Crippen LogP contribution in [0.5, 0.6) is 0 Å². The molecule has 0 spiro atoms. The van der Waals surface area contributed by atoms with Gasteiger partial charge in [-0.3, -0.25) is 15.7 Å². The molecule has 1 atom stereocenters. The van der Waals surface area contributed by atoms with Gasteiger partial charge in [0.25, 0.3) is 0 Å². The molecular weight excluding hydrogens is 178 g/mol. The highest BCUT2D eigenvalue weighted by molar-refractivity contribution is 5.95. The summed E-state index contributed by atoms with van der Waals surface area (Å²) in [7, 11) is 0. The van der Waals surface area contributed by atoms with Crippen LogP contribution in [-0.2, 0) is 0 Å².